The summed E-state index contributed by atoms with van der Waals surface area (Å²) in [6.07, 6.45) is 2.71. The lowest BCUT2D eigenvalue weighted by atomic mass is 10.1. The second kappa shape index (κ2) is 6.68. The molecule has 0 aromatic heterocycles. The number of benzene rings is 1. The highest BCUT2D eigenvalue weighted by Gasteiger charge is 2.10. The molecule has 1 rings (SSSR count). The van der Waals surface area contributed by atoms with Crippen molar-refractivity contribution in [2.45, 2.75) is 20.0 Å². The van der Waals surface area contributed by atoms with Gasteiger partial charge in [0.2, 0.25) is 5.75 Å². The Morgan fingerprint density at radius 1 is 1.21 bits per heavy atom. The molecule has 0 radical (unpaired) electrons. The molecular weight excluding hydrogens is 248 g/mol. The van der Waals surface area contributed by atoms with E-state index in [1.807, 2.05) is 0 Å². The van der Waals surface area contributed by atoms with E-state index in [4.69, 9.17) is 14.2 Å². The fourth-order valence-corrected chi connectivity index (χ4v) is 1.45. The first-order chi connectivity index (χ1) is 8.97. The number of hydrogen-bond acceptors (Lipinski definition) is 5. The fraction of sp³-hybridized carbons (Fsp3) is 0.357. The van der Waals surface area contributed by atoms with E-state index in [2.05, 4.69) is 0 Å². The van der Waals surface area contributed by atoms with Gasteiger partial charge in [-0.15, -0.1) is 0 Å². The Balaban J connectivity index is 2.95. The van der Waals surface area contributed by atoms with Crippen molar-refractivity contribution in [3.63, 3.8) is 0 Å². The molecule has 0 aliphatic carbocycles. The number of aromatic hydroxyl groups is 1. The van der Waals surface area contributed by atoms with Gasteiger partial charge in [-0.1, -0.05) is 0 Å². The number of phenolic OH excluding ortho intramolecular Hbond substituents is 1. The fourth-order valence-electron chi connectivity index (χ4n) is 1.45. The first kappa shape index (κ1) is 14.9. The molecule has 0 saturated heterocycles. The van der Waals surface area contributed by atoms with Gasteiger partial charge in [0, 0.05) is 6.08 Å². The van der Waals surface area contributed by atoms with E-state index in [1.165, 1.54) is 20.3 Å². The molecule has 0 aliphatic heterocycles. The molecule has 104 valence electrons. The number of hydrogen-bond donors (Lipinski definition) is 1. The highest BCUT2D eigenvalue weighted by Crippen LogP contribution is 2.37. The summed E-state index contributed by atoms with van der Waals surface area (Å²) in [6.45, 7) is 3.55. The van der Waals surface area contributed by atoms with Crippen molar-refractivity contribution in [1.82, 2.24) is 0 Å². The van der Waals surface area contributed by atoms with Gasteiger partial charge in [-0.2, -0.15) is 0 Å². The maximum absolute atomic E-state index is 11.4. The Hall–Kier alpha value is -2.17. The maximum atomic E-state index is 11.4. The standard InChI is InChI=1S/C14H18O5/c1-9(2)19-13(15)6-5-10-7-11(17-3)14(16)12(8-10)18-4/h5-9,16H,1-4H3/b6-5+. The van der Waals surface area contributed by atoms with E-state index < -0.39 is 5.97 Å². The van der Waals surface area contributed by atoms with E-state index >= 15 is 0 Å². The SMILES string of the molecule is COc1cc(/C=C/C(=O)OC(C)C)cc(OC)c1O. The first-order valence-corrected chi connectivity index (χ1v) is 5.81. The summed E-state index contributed by atoms with van der Waals surface area (Å²) in [5.74, 6) is 0.0420. The van der Waals surface area contributed by atoms with E-state index in [-0.39, 0.29) is 23.4 Å². The lowest BCUT2D eigenvalue weighted by molar-refractivity contribution is -0.141. The summed E-state index contributed by atoms with van der Waals surface area (Å²) in [6, 6.07) is 3.19. The van der Waals surface area contributed by atoms with E-state index in [9.17, 15) is 9.90 Å². The molecule has 1 aromatic rings. The van der Waals surface area contributed by atoms with Crippen LogP contribution >= 0.6 is 0 Å². The third-order valence-electron chi connectivity index (χ3n) is 2.27. The molecule has 0 fully saturated rings. The summed E-state index contributed by atoms with van der Waals surface area (Å²) in [5, 5.41) is 9.74. The summed E-state index contributed by atoms with van der Waals surface area (Å²) in [4.78, 5) is 11.4. The number of carbonyl (C=O) groups is 1. The Bertz CT molecular complexity index is 452. The van der Waals surface area contributed by atoms with Gasteiger partial charge in [0.05, 0.1) is 20.3 Å². The van der Waals surface area contributed by atoms with Gasteiger partial charge in [-0.05, 0) is 37.6 Å². The second-order valence-electron chi connectivity index (χ2n) is 4.09. The van der Waals surface area contributed by atoms with E-state index in [0.717, 1.165) is 0 Å². The van der Waals surface area contributed by atoms with Crippen LogP contribution in [0.2, 0.25) is 0 Å². The van der Waals surface area contributed by atoms with Crippen LogP contribution < -0.4 is 9.47 Å². The highest BCUT2D eigenvalue weighted by molar-refractivity contribution is 5.87. The average Bonchev–Trinajstić information content (AvgIpc) is 2.36. The quantitative estimate of drug-likeness (QED) is 0.654. The zero-order valence-corrected chi connectivity index (χ0v) is 11.5. The van der Waals surface area contributed by atoms with Crippen molar-refractivity contribution < 1.29 is 24.1 Å². The molecule has 0 saturated carbocycles. The van der Waals surface area contributed by atoms with Gasteiger partial charge in [0.25, 0.3) is 0 Å². The largest absolute Gasteiger partial charge is 0.502 e. The zero-order valence-electron chi connectivity index (χ0n) is 11.5. The van der Waals surface area contributed by atoms with Crippen molar-refractivity contribution in [2.24, 2.45) is 0 Å². The zero-order chi connectivity index (χ0) is 14.4. The van der Waals surface area contributed by atoms with Gasteiger partial charge < -0.3 is 19.3 Å². The first-order valence-electron chi connectivity index (χ1n) is 5.81. The number of phenols is 1. The van der Waals surface area contributed by atoms with Gasteiger partial charge >= 0.3 is 5.97 Å². The molecule has 5 heteroatoms. The molecule has 19 heavy (non-hydrogen) atoms. The predicted molar refractivity (Wildman–Crippen MR) is 71.5 cm³/mol. The molecule has 1 N–H and O–H groups in total. The summed E-state index contributed by atoms with van der Waals surface area (Å²) in [7, 11) is 2.88. The Labute approximate surface area is 112 Å². The number of methoxy groups -OCH3 is 2. The molecule has 5 nitrogen and oxygen atoms in total. The molecule has 0 spiro atoms. The average molecular weight is 266 g/mol. The van der Waals surface area contributed by atoms with Crippen molar-refractivity contribution in [3.05, 3.63) is 23.8 Å². The van der Waals surface area contributed by atoms with Crippen molar-refractivity contribution >= 4 is 12.0 Å². The smallest absolute Gasteiger partial charge is 0.331 e. The van der Waals surface area contributed by atoms with E-state index in [0.29, 0.717) is 5.56 Å². The third kappa shape index (κ3) is 4.21. The van der Waals surface area contributed by atoms with Crippen LogP contribution in [0.4, 0.5) is 0 Å². The van der Waals surface area contributed by atoms with Crippen LogP contribution in [0.5, 0.6) is 17.2 Å². The van der Waals surface area contributed by atoms with Gasteiger partial charge in [-0.25, -0.2) is 4.79 Å². The number of esters is 1. The molecular formula is C14H18O5. The Morgan fingerprint density at radius 2 is 1.74 bits per heavy atom. The monoisotopic (exact) mass is 266 g/mol. The second-order valence-corrected chi connectivity index (χ2v) is 4.09. The van der Waals surface area contributed by atoms with Crippen LogP contribution in [0.3, 0.4) is 0 Å². The molecule has 0 aliphatic rings. The minimum absolute atomic E-state index is 0.0769. The van der Waals surface area contributed by atoms with E-state index in [1.54, 1.807) is 32.1 Å². The van der Waals surface area contributed by atoms with Gasteiger partial charge in [0.1, 0.15) is 0 Å². The molecule has 0 amide bonds. The highest BCUT2D eigenvalue weighted by atomic mass is 16.5. The number of carbonyl (C=O) groups excluding carboxylic acids is 1. The topological polar surface area (TPSA) is 65.0 Å². The molecule has 1 aromatic carbocycles. The van der Waals surface area contributed by atoms with Crippen molar-refractivity contribution in [1.29, 1.82) is 0 Å². The van der Waals surface area contributed by atoms with Gasteiger partial charge in [-0.3, -0.25) is 0 Å². The molecule has 0 bridgehead atoms. The van der Waals surface area contributed by atoms with Crippen LogP contribution in [-0.2, 0) is 9.53 Å². The van der Waals surface area contributed by atoms with Crippen LogP contribution in [0.1, 0.15) is 19.4 Å². The Morgan fingerprint density at radius 3 is 2.16 bits per heavy atom. The van der Waals surface area contributed by atoms with Crippen molar-refractivity contribution in [3.8, 4) is 17.2 Å². The summed E-state index contributed by atoms with van der Waals surface area (Å²) in [5.41, 5.74) is 0.659. The van der Waals surface area contributed by atoms with Crippen LogP contribution in [0.25, 0.3) is 6.08 Å². The number of rotatable bonds is 5. The third-order valence-corrected chi connectivity index (χ3v) is 2.27. The van der Waals surface area contributed by atoms with Gasteiger partial charge in [0.15, 0.2) is 11.5 Å². The minimum Gasteiger partial charge on any atom is -0.502 e. The Kier molecular flexibility index (Phi) is 5.23. The lowest BCUT2D eigenvalue weighted by Crippen LogP contribution is -2.08. The molecule has 0 unspecified atom stereocenters. The lowest BCUT2D eigenvalue weighted by Gasteiger charge is -2.09. The van der Waals surface area contributed by atoms with Crippen LogP contribution in [0.15, 0.2) is 18.2 Å². The minimum atomic E-state index is -0.430. The van der Waals surface area contributed by atoms with Crippen molar-refractivity contribution in [2.75, 3.05) is 14.2 Å². The number of ether oxygens (including phenoxy) is 3. The maximum Gasteiger partial charge on any atom is 0.331 e. The normalized spacial score (nSPS) is 10.8. The van der Waals surface area contributed by atoms with Crippen LogP contribution in [0, 0.1) is 0 Å². The molecule has 0 atom stereocenters. The summed E-state index contributed by atoms with van der Waals surface area (Å²) >= 11 is 0. The summed E-state index contributed by atoms with van der Waals surface area (Å²) < 4.78 is 15.0. The predicted octanol–water partition coefficient (Wildman–Crippen LogP) is 2.37. The van der Waals surface area contributed by atoms with Crippen LogP contribution in [-0.4, -0.2) is 31.4 Å². The molecule has 0 heterocycles.